The van der Waals surface area contributed by atoms with Gasteiger partial charge in [-0.3, -0.25) is 9.36 Å². The van der Waals surface area contributed by atoms with Crippen LogP contribution in [0.3, 0.4) is 0 Å². The predicted molar refractivity (Wildman–Crippen MR) is 63.4 cm³/mol. The highest BCUT2D eigenvalue weighted by Gasteiger charge is 2.24. The molecule has 6 nitrogen and oxygen atoms in total. The van der Waals surface area contributed by atoms with Crippen molar-refractivity contribution in [2.75, 3.05) is 0 Å². The molecule has 0 aromatic carbocycles. The van der Waals surface area contributed by atoms with E-state index < -0.39 is 13.4 Å². The molecule has 0 aromatic heterocycles. The molecule has 0 spiro atoms. The number of rotatable bonds is 8. The van der Waals surface area contributed by atoms with Crippen LogP contribution in [0.2, 0.25) is 0 Å². The van der Waals surface area contributed by atoms with Gasteiger partial charge in [0.05, 0.1) is 0 Å². The SMILES string of the molecule is CC(=O)CCCCCC(=O)NC(C)P(=O)(O)O. The fourth-order valence-corrected chi connectivity index (χ4v) is 1.54. The zero-order valence-electron chi connectivity index (χ0n) is 10.2. The molecule has 1 atom stereocenters. The highest BCUT2D eigenvalue weighted by molar-refractivity contribution is 7.52. The van der Waals surface area contributed by atoms with Gasteiger partial charge in [-0.15, -0.1) is 0 Å². The molecule has 0 aliphatic rings. The van der Waals surface area contributed by atoms with E-state index in [1.54, 1.807) is 0 Å². The van der Waals surface area contributed by atoms with Crippen molar-refractivity contribution in [2.24, 2.45) is 0 Å². The summed E-state index contributed by atoms with van der Waals surface area (Å²) >= 11 is 0. The molecule has 7 heteroatoms. The first-order valence-electron chi connectivity index (χ1n) is 5.57. The molecule has 0 bridgehead atoms. The molecule has 0 saturated carbocycles. The molecule has 0 radical (unpaired) electrons. The normalized spacial score (nSPS) is 13.2. The van der Waals surface area contributed by atoms with Gasteiger partial charge in [0.1, 0.15) is 11.6 Å². The second-order valence-corrected chi connectivity index (χ2v) is 6.05. The summed E-state index contributed by atoms with van der Waals surface area (Å²) in [5.74, 6) is -1.39. The average Bonchev–Trinajstić information content (AvgIpc) is 2.15. The van der Waals surface area contributed by atoms with E-state index in [1.807, 2.05) is 0 Å². The molecule has 0 fully saturated rings. The number of hydrogen-bond acceptors (Lipinski definition) is 3. The summed E-state index contributed by atoms with van der Waals surface area (Å²) in [6.45, 7) is 2.79. The van der Waals surface area contributed by atoms with Gasteiger partial charge in [-0.1, -0.05) is 6.42 Å². The van der Waals surface area contributed by atoms with Gasteiger partial charge < -0.3 is 19.9 Å². The Hall–Kier alpha value is -0.710. The molecule has 1 amide bonds. The minimum atomic E-state index is -4.25. The molecule has 0 aliphatic heterocycles. The summed E-state index contributed by atoms with van der Waals surface area (Å²) in [4.78, 5) is 39.4. The van der Waals surface area contributed by atoms with Crippen LogP contribution >= 0.6 is 7.60 Å². The summed E-state index contributed by atoms with van der Waals surface area (Å²) < 4.78 is 10.8. The van der Waals surface area contributed by atoms with Crippen LogP contribution in [-0.4, -0.2) is 27.3 Å². The van der Waals surface area contributed by atoms with Gasteiger partial charge in [0.25, 0.3) is 0 Å². The topological polar surface area (TPSA) is 104 Å². The number of carbonyl (C=O) groups is 2. The number of carbonyl (C=O) groups excluding carboxylic acids is 2. The van der Waals surface area contributed by atoms with Crippen LogP contribution in [0.1, 0.15) is 46.0 Å². The maximum absolute atomic E-state index is 11.3. The largest absolute Gasteiger partial charge is 0.347 e. The Kier molecular flexibility index (Phi) is 7.27. The number of unbranched alkanes of at least 4 members (excludes halogenated alkanes) is 2. The molecule has 0 saturated heterocycles. The standard InChI is InChI=1S/C10H20NO5P/c1-8(12)6-4-3-5-7-10(13)11-9(2)17(14,15)16/h9H,3-7H2,1-2H3,(H,11,13)(H2,14,15,16). The first kappa shape index (κ1) is 16.3. The lowest BCUT2D eigenvalue weighted by molar-refractivity contribution is -0.121. The van der Waals surface area contributed by atoms with Crippen molar-refractivity contribution in [3.8, 4) is 0 Å². The first-order chi connectivity index (χ1) is 7.73. The smallest absolute Gasteiger partial charge is 0.342 e. The van der Waals surface area contributed by atoms with Gasteiger partial charge >= 0.3 is 7.60 Å². The van der Waals surface area contributed by atoms with Crippen molar-refractivity contribution in [1.29, 1.82) is 0 Å². The van der Waals surface area contributed by atoms with Gasteiger partial charge in [-0.25, -0.2) is 0 Å². The lowest BCUT2D eigenvalue weighted by Crippen LogP contribution is -2.32. The lowest BCUT2D eigenvalue weighted by Gasteiger charge is -2.14. The molecule has 0 aromatic rings. The van der Waals surface area contributed by atoms with Crippen molar-refractivity contribution < 1.29 is 23.9 Å². The fourth-order valence-electron chi connectivity index (χ4n) is 1.23. The molecular weight excluding hydrogens is 245 g/mol. The molecule has 0 rings (SSSR count). The number of hydrogen-bond donors (Lipinski definition) is 3. The van der Waals surface area contributed by atoms with Crippen LogP contribution in [0.25, 0.3) is 0 Å². The predicted octanol–water partition coefficient (Wildman–Crippen LogP) is 1.17. The van der Waals surface area contributed by atoms with Crippen LogP contribution in [0, 0.1) is 0 Å². The number of ketones is 1. The quantitative estimate of drug-likeness (QED) is 0.451. The molecule has 0 aliphatic carbocycles. The van der Waals surface area contributed by atoms with Gasteiger partial charge in [0, 0.05) is 12.8 Å². The van der Waals surface area contributed by atoms with Crippen LogP contribution < -0.4 is 5.32 Å². The van der Waals surface area contributed by atoms with Crippen molar-refractivity contribution in [3.05, 3.63) is 0 Å². The van der Waals surface area contributed by atoms with E-state index in [4.69, 9.17) is 9.79 Å². The van der Waals surface area contributed by atoms with E-state index >= 15 is 0 Å². The van der Waals surface area contributed by atoms with Gasteiger partial charge in [0.2, 0.25) is 5.91 Å². The van der Waals surface area contributed by atoms with Crippen molar-refractivity contribution in [1.82, 2.24) is 5.32 Å². The van der Waals surface area contributed by atoms with Crippen molar-refractivity contribution in [3.63, 3.8) is 0 Å². The maximum atomic E-state index is 11.3. The zero-order chi connectivity index (χ0) is 13.5. The highest BCUT2D eigenvalue weighted by atomic mass is 31.2. The van der Waals surface area contributed by atoms with Crippen LogP contribution in [0.5, 0.6) is 0 Å². The Bertz CT molecular complexity index is 312. The van der Waals surface area contributed by atoms with E-state index in [0.717, 1.165) is 12.8 Å². The Labute approximate surface area is 101 Å². The highest BCUT2D eigenvalue weighted by Crippen LogP contribution is 2.39. The monoisotopic (exact) mass is 265 g/mol. The van der Waals surface area contributed by atoms with Crippen LogP contribution in [0.4, 0.5) is 0 Å². The van der Waals surface area contributed by atoms with Crippen LogP contribution in [-0.2, 0) is 14.2 Å². The molecule has 17 heavy (non-hydrogen) atoms. The Morgan fingerprint density at radius 3 is 2.18 bits per heavy atom. The lowest BCUT2D eigenvalue weighted by atomic mass is 10.1. The number of Topliss-reactive ketones (excluding diaryl/α,β-unsaturated/α-hetero) is 1. The third-order valence-electron chi connectivity index (χ3n) is 2.31. The molecular formula is C10H20NO5P. The zero-order valence-corrected chi connectivity index (χ0v) is 11.1. The summed E-state index contributed by atoms with van der Waals surface area (Å²) in [5, 5.41) is 2.25. The maximum Gasteiger partial charge on any atom is 0.347 e. The van der Waals surface area contributed by atoms with Crippen molar-refractivity contribution in [2.45, 2.75) is 51.7 Å². The average molecular weight is 265 g/mol. The van der Waals surface area contributed by atoms with E-state index in [2.05, 4.69) is 5.32 Å². The minimum Gasteiger partial charge on any atom is -0.342 e. The molecule has 1 unspecified atom stereocenters. The van der Waals surface area contributed by atoms with Crippen molar-refractivity contribution >= 4 is 19.3 Å². The Morgan fingerprint density at radius 2 is 1.71 bits per heavy atom. The number of amides is 1. The molecule has 100 valence electrons. The van der Waals surface area contributed by atoms with Crippen LogP contribution in [0.15, 0.2) is 0 Å². The number of nitrogens with one attached hydrogen (secondary N) is 1. The third-order valence-corrected chi connectivity index (χ3v) is 3.45. The van der Waals surface area contributed by atoms with E-state index in [0.29, 0.717) is 12.8 Å². The van der Waals surface area contributed by atoms with E-state index in [-0.39, 0.29) is 18.1 Å². The van der Waals surface area contributed by atoms with E-state index in [1.165, 1.54) is 13.8 Å². The Balaban J connectivity index is 3.67. The summed E-state index contributed by atoms with van der Waals surface area (Å²) in [6.07, 6.45) is 2.86. The first-order valence-corrected chi connectivity index (χ1v) is 7.25. The second kappa shape index (κ2) is 7.58. The van der Waals surface area contributed by atoms with Gasteiger partial charge in [0.15, 0.2) is 0 Å². The molecule has 0 heterocycles. The van der Waals surface area contributed by atoms with Gasteiger partial charge in [-0.05, 0) is 26.7 Å². The minimum absolute atomic E-state index is 0.129. The van der Waals surface area contributed by atoms with Gasteiger partial charge in [-0.2, -0.15) is 0 Å². The second-order valence-electron chi connectivity index (χ2n) is 4.10. The summed E-state index contributed by atoms with van der Waals surface area (Å²) in [6, 6.07) is 0. The fraction of sp³-hybridized carbons (Fsp3) is 0.800. The summed E-state index contributed by atoms with van der Waals surface area (Å²) in [7, 11) is -4.25. The molecule has 3 N–H and O–H groups in total. The Morgan fingerprint density at radius 1 is 1.18 bits per heavy atom. The van der Waals surface area contributed by atoms with E-state index in [9.17, 15) is 14.2 Å². The third kappa shape index (κ3) is 9.03. The summed E-state index contributed by atoms with van der Waals surface area (Å²) in [5.41, 5.74) is 0.